The standard InChI is InChI=1S/C17H8F3NO4.C10H3BrF3NO/c18-17(19,20)13-6-9-2-1-3-10(15(9)25-13)11-4-8(7-21)5-12(14(11)22)16(23)24;11-8-2-5(3-15)1-6-7(10(12,13)14)4-16-9(6)8/h1-6,22H,(H,23,24);1-2,4H. The van der Waals surface area contributed by atoms with Gasteiger partial charge in [0.15, 0.2) is 0 Å². The monoisotopic (exact) mass is 636 g/mol. The lowest BCUT2D eigenvalue weighted by atomic mass is 9.97. The van der Waals surface area contributed by atoms with Gasteiger partial charge in [-0.3, -0.25) is 0 Å². The summed E-state index contributed by atoms with van der Waals surface area (Å²) >= 11 is 3.06. The van der Waals surface area contributed by atoms with Crippen LogP contribution >= 0.6 is 15.9 Å². The Morgan fingerprint density at radius 2 is 1.54 bits per heavy atom. The Hall–Kier alpha value is -4.95. The summed E-state index contributed by atoms with van der Waals surface area (Å²) in [7, 11) is 0. The highest BCUT2D eigenvalue weighted by atomic mass is 79.9. The number of fused-ring (bicyclic) bond motifs is 2. The van der Waals surface area contributed by atoms with Crippen molar-refractivity contribution >= 4 is 43.8 Å². The van der Waals surface area contributed by atoms with Gasteiger partial charge in [-0.25, -0.2) is 4.79 Å². The molecule has 0 amide bonds. The number of hydrogen-bond donors (Lipinski definition) is 2. The molecule has 0 spiro atoms. The lowest BCUT2D eigenvalue weighted by molar-refractivity contribution is -0.152. The van der Waals surface area contributed by atoms with Crippen LogP contribution in [0.2, 0.25) is 0 Å². The molecular weight excluding hydrogens is 626 g/mol. The molecule has 208 valence electrons. The van der Waals surface area contributed by atoms with Gasteiger partial charge in [-0.15, -0.1) is 0 Å². The van der Waals surface area contributed by atoms with Crippen LogP contribution in [0.4, 0.5) is 26.3 Å². The molecule has 0 aliphatic heterocycles. The Morgan fingerprint density at radius 1 is 0.878 bits per heavy atom. The van der Waals surface area contributed by atoms with Crippen molar-refractivity contribution in [3.8, 4) is 29.0 Å². The summed E-state index contributed by atoms with van der Waals surface area (Å²) in [5.41, 5.74) is -1.47. The predicted molar refractivity (Wildman–Crippen MR) is 134 cm³/mol. The van der Waals surface area contributed by atoms with Gasteiger partial charge >= 0.3 is 18.3 Å². The summed E-state index contributed by atoms with van der Waals surface area (Å²) in [6.07, 6.45) is -8.53. The first-order valence-corrected chi connectivity index (χ1v) is 11.7. The molecule has 0 atom stereocenters. The van der Waals surface area contributed by atoms with E-state index in [0.29, 0.717) is 10.7 Å². The zero-order valence-corrected chi connectivity index (χ0v) is 21.4. The number of para-hydroxylation sites is 1. The van der Waals surface area contributed by atoms with Gasteiger partial charge in [0.05, 0.1) is 27.7 Å². The lowest BCUT2D eigenvalue weighted by Crippen LogP contribution is -2.03. The van der Waals surface area contributed by atoms with E-state index < -0.39 is 41.0 Å². The van der Waals surface area contributed by atoms with Gasteiger partial charge in [-0.05, 0) is 46.3 Å². The number of furan rings is 2. The molecule has 0 aliphatic carbocycles. The van der Waals surface area contributed by atoms with Crippen molar-refractivity contribution < 1.29 is 50.2 Å². The number of phenols is 1. The first-order chi connectivity index (χ1) is 19.1. The topological polar surface area (TPSA) is 131 Å². The van der Waals surface area contributed by atoms with E-state index in [9.17, 15) is 36.2 Å². The summed E-state index contributed by atoms with van der Waals surface area (Å²) in [5, 5.41) is 37.1. The maximum absolute atomic E-state index is 12.9. The molecule has 7 nitrogen and oxygen atoms in total. The fraction of sp³-hybridized carbons (Fsp3) is 0.0741. The highest BCUT2D eigenvalue weighted by molar-refractivity contribution is 9.10. The zero-order valence-electron chi connectivity index (χ0n) is 19.9. The maximum Gasteiger partial charge on any atom is 0.449 e. The number of nitrogens with zero attached hydrogens (tertiary/aromatic N) is 2. The number of halogens is 7. The summed E-state index contributed by atoms with van der Waals surface area (Å²) < 4.78 is 86.3. The van der Waals surface area contributed by atoms with E-state index in [4.69, 9.17) is 24.5 Å². The van der Waals surface area contributed by atoms with Crippen molar-refractivity contribution in [2.75, 3.05) is 0 Å². The number of benzene rings is 3. The third-order valence-electron chi connectivity index (χ3n) is 5.65. The van der Waals surface area contributed by atoms with Gasteiger partial charge in [0.1, 0.15) is 34.3 Å². The van der Waals surface area contributed by atoms with Gasteiger partial charge in [0.25, 0.3) is 0 Å². The van der Waals surface area contributed by atoms with E-state index in [0.717, 1.165) is 18.2 Å². The van der Waals surface area contributed by atoms with Gasteiger partial charge < -0.3 is 19.0 Å². The Labute approximate surface area is 233 Å². The number of alkyl halides is 6. The minimum Gasteiger partial charge on any atom is -0.506 e. The second kappa shape index (κ2) is 10.6. The van der Waals surface area contributed by atoms with E-state index in [1.807, 2.05) is 0 Å². The number of rotatable bonds is 2. The van der Waals surface area contributed by atoms with Crippen LogP contribution in [-0.4, -0.2) is 16.2 Å². The molecule has 0 saturated heterocycles. The van der Waals surface area contributed by atoms with Crippen LogP contribution in [0, 0.1) is 22.7 Å². The molecule has 0 unspecified atom stereocenters. The second-order valence-electron chi connectivity index (χ2n) is 8.26. The van der Waals surface area contributed by atoms with Crippen LogP contribution in [0.25, 0.3) is 33.1 Å². The van der Waals surface area contributed by atoms with Gasteiger partial charge in [0, 0.05) is 21.9 Å². The van der Waals surface area contributed by atoms with Crippen molar-refractivity contribution in [1.82, 2.24) is 0 Å². The molecule has 2 N–H and O–H groups in total. The molecule has 5 rings (SSSR count). The molecule has 0 bridgehead atoms. The predicted octanol–water partition coefficient (Wildman–Crippen LogP) is 8.48. The number of hydrogen-bond acceptors (Lipinski definition) is 6. The van der Waals surface area contributed by atoms with Crippen molar-refractivity contribution in [3.63, 3.8) is 0 Å². The maximum atomic E-state index is 12.9. The molecular formula is C27H11BrF6N2O5. The minimum absolute atomic E-state index is 0.0464. The van der Waals surface area contributed by atoms with E-state index in [-0.39, 0.29) is 44.2 Å². The minimum atomic E-state index is -4.70. The third kappa shape index (κ3) is 5.69. The third-order valence-corrected chi connectivity index (χ3v) is 6.24. The lowest BCUT2D eigenvalue weighted by Gasteiger charge is -2.09. The molecule has 0 fully saturated rings. The zero-order chi connectivity index (χ0) is 30.3. The quantitative estimate of drug-likeness (QED) is 0.186. The smallest absolute Gasteiger partial charge is 0.449 e. The average Bonchev–Trinajstić information content (AvgIpc) is 3.54. The highest BCUT2D eigenvalue weighted by Crippen LogP contribution is 2.42. The van der Waals surface area contributed by atoms with Crippen LogP contribution in [0.5, 0.6) is 5.75 Å². The molecule has 0 radical (unpaired) electrons. The summed E-state index contributed by atoms with van der Waals surface area (Å²) in [6.45, 7) is 0. The molecule has 2 aromatic heterocycles. The van der Waals surface area contributed by atoms with Crippen LogP contribution in [0.1, 0.15) is 32.8 Å². The van der Waals surface area contributed by atoms with Crippen LogP contribution in [-0.2, 0) is 12.4 Å². The summed E-state index contributed by atoms with van der Waals surface area (Å²) in [4.78, 5) is 11.2. The van der Waals surface area contributed by atoms with Gasteiger partial charge in [0.2, 0.25) is 5.76 Å². The SMILES string of the molecule is N#Cc1cc(Br)c2occ(C(F)(F)F)c2c1.N#Cc1cc(C(=O)O)c(O)c(-c2cccc3cc(C(F)(F)F)oc23)c1. The fourth-order valence-electron chi connectivity index (χ4n) is 3.86. The Bertz CT molecular complexity index is 1910. The van der Waals surface area contributed by atoms with Crippen LogP contribution < -0.4 is 0 Å². The molecule has 2 heterocycles. The first kappa shape index (κ1) is 29.0. The summed E-state index contributed by atoms with van der Waals surface area (Å²) in [6, 6.07) is 13.3. The van der Waals surface area contributed by atoms with E-state index in [2.05, 4.69) is 15.9 Å². The molecule has 14 heteroatoms. The van der Waals surface area contributed by atoms with Crippen molar-refractivity contribution in [2.45, 2.75) is 12.4 Å². The first-order valence-electron chi connectivity index (χ1n) is 10.9. The molecule has 41 heavy (non-hydrogen) atoms. The number of aromatic carboxylic acids is 1. The van der Waals surface area contributed by atoms with E-state index in [1.165, 1.54) is 30.3 Å². The molecule has 3 aromatic carbocycles. The van der Waals surface area contributed by atoms with Gasteiger partial charge in [-0.2, -0.15) is 36.9 Å². The van der Waals surface area contributed by atoms with E-state index in [1.54, 1.807) is 12.1 Å². The Morgan fingerprint density at radius 3 is 2.12 bits per heavy atom. The number of aromatic hydroxyl groups is 1. The number of nitriles is 2. The van der Waals surface area contributed by atoms with Crippen LogP contribution in [0.15, 0.2) is 68.1 Å². The largest absolute Gasteiger partial charge is 0.506 e. The Balaban J connectivity index is 0.000000208. The Kier molecular flexibility index (Phi) is 7.48. The van der Waals surface area contributed by atoms with Crippen molar-refractivity contribution in [1.29, 1.82) is 10.5 Å². The fourth-order valence-corrected chi connectivity index (χ4v) is 4.41. The highest BCUT2D eigenvalue weighted by Gasteiger charge is 2.36. The van der Waals surface area contributed by atoms with Crippen molar-refractivity contribution in [2.24, 2.45) is 0 Å². The van der Waals surface area contributed by atoms with Gasteiger partial charge in [-0.1, -0.05) is 18.2 Å². The number of carboxylic acids is 1. The number of carbonyl (C=O) groups is 1. The number of carboxylic acid groups (broad SMARTS) is 1. The van der Waals surface area contributed by atoms with Crippen molar-refractivity contribution in [3.05, 3.63) is 87.3 Å². The summed E-state index contributed by atoms with van der Waals surface area (Å²) in [5.74, 6) is -3.35. The average molecular weight is 637 g/mol. The normalized spacial score (nSPS) is 11.5. The molecule has 0 aliphatic rings. The van der Waals surface area contributed by atoms with E-state index >= 15 is 0 Å². The molecule has 5 aromatic rings. The second-order valence-corrected chi connectivity index (χ2v) is 9.12. The van der Waals surface area contributed by atoms with Crippen LogP contribution in [0.3, 0.4) is 0 Å². The molecule has 0 saturated carbocycles.